The van der Waals surface area contributed by atoms with Crippen LogP contribution in [0.4, 0.5) is 17.1 Å². The van der Waals surface area contributed by atoms with Crippen LogP contribution in [0.15, 0.2) is 72.8 Å². The molecule has 1 unspecified atom stereocenters. The molecule has 47 heavy (non-hydrogen) atoms. The number of anilines is 3. The molecule has 10 heteroatoms. The Morgan fingerprint density at radius 2 is 1.51 bits per heavy atom. The van der Waals surface area contributed by atoms with Crippen molar-refractivity contribution in [3.8, 4) is 5.75 Å². The second-order valence-corrected chi connectivity index (χ2v) is 14.4. The Morgan fingerprint density at radius 1 is 0.894 bits per heavy atom. The first-order valence-electron chi connectivity index (χ1n) is 16.9. The first-order valence-corrected chi connectivity index (χ1v) is 17.7. The number of hydrogen-bond donors (Lipinski definition) is 1. The third-order valence-corrected chi connectivity index (χ3v) is 11.9. The summed E-state index contributed by atoms with van der Waals surface area (Å²) in [6.45, 7) is 12.8. The number of ether oxygens (including phenoxy) is 1. The first-order chi connectivity index (χ1) is 22.7. The fourth-order valence-corrected chi connectivity index (χ4v) is 9.83. The summed E-state index contributed by atoms with van der Waals surface area (Å²) in [5.41, 5.74) is 2.57. The Labute approximate surface area is 282 Å². The molecule has 3 amide bonds. The van der Waals surface area contributed by atoms with Gasteiger partial charge in [0, 0.05) is 48.5 Å². The van der Waals surface area contributed by atoms with Crippen molar-refractivity contribution in [1.29, 1.82) is 0 Å². The molecule has 0 saturated carbocycles. The number of fused-ring (bicyclic) bond motifs is 2. The maximum atomic E-state index is 14.9. The molecule has 4 aliphatic rings. The van der Waals surface area contributed by atoms with Gasteiger partial charge in [-0.05, 0) is 75.2 Å². The van der Waals surface area contributed by atoms with Crippen LogP contribution in [0.1, 0.15) is 34.6 Å². The maximum Gasteiger partial charge on any atom is 0.251 e. The highest BCUT2D eigenvalue weighted by Gasteiger charge is 2.72. The Bertz CT molecular complexity index is 1540. The van der Waals surface area contributed by atoms with E-state index in [1.54, 1.807) is 26.5 Å². The molecule has 0 aromatic heterocycles. The van der Waals surface area contributed by atoms with Crippen LogP contribution in [0, 0.1) is 17.8 Å². The molecule has 2 aromatic rings. The molecule has 0 bridgehead atoms. The minimum absolute atomic E-state index is 0.104. The van der Waals surface area contributed by atoms with E-state index in [4.69, 9.17) is 4.74 Å². The van der Waals surface area contributed by atoms with Crippen LogP contribution >= 0.6 is 11.8 Å². The maximum absolute atomic E-state index is 14.9. The van der Waals surface area contributed by atoms with E-state index in [0.29, 0.717) is 19.7 Å². The lowest BCUT2D eigenvalue weighted by atomic mass is 9.78. The number of hydrogen-bond acceptors (Lipinski definition) is 7. The SMILES string of the molecule is CCOc1ccc(N2CC=C[C@H]3S[C@]45C=CCN(c6ccc(N(CC)CC)cc6)C(=O)C4N([C@@H](CO)C(C)C)C(=O)[C@@H]5[C@H]3C2=O)cc1. The van der Waals surface area contributed by atoms with Gasteiger partial charge in [-0.15, -0.1) is 11.8 Å². The number of nitrogens with zero attached hydrogens (tertiary/aromatic N) is 4. The average Bonchev–Trinajstić information content (AvgIpc) is 3.38. The fourth-order valence-electron chi connectivity index (χ4n) is 7.84. The predicted molar refractivity (Wildman–Crippen MR) is 188 cm³/mol. The average molecular weight is 659 g/mol. The van der Waals surface area contributed by atoms with Gasteiger partial charge in [-0.1, -0.05) is 38.2 Å². The molecule has 6 rings (SSSR count). The van der Waals surface area contributed by atoms with Crippen molar-refractivity contribution in [2.24, 2.45) is 17.8 Å². The van der Waals surface area contributed by atoms with Crippen LogP contribution in [0.5, 0.6) is 5.75 Å². The molecule has 2 fully saturated rings. The number of thioether (sulfide) groups is 1. The third-order valence-electron chi connectivity index (χ3n) is 10.2. The summed E-state index contributed by atoms with van der Waals surface area (Å²) in [5, 5.41) is 10.4. The highest BCUT2D eigenvalue weighted by atomic mass is 32.2. The molecular weight excluding hydrogens is 612 g/mol. The van der Waals surface area contributed by atoms with Gasteiger partial charge in [0.05, 0.1) is 35.8 Å². The van der Waals surface area contributed by atoms with Crippen molar-refractivity contribution in [3.05, 3.63) is 72.8 Å². The number of aliphatic hydroxyl groups excluding tert-OH is 1. The summed E-state index contributed by atoms with van der Waals surface area (Å²) in [7, 11) is 0. The molecule has 6 atom stereocenters. The number of rotatable bonds is 10. The van der Waals surface area contributed by atoms with E-state index in [-0.39, 0.29) is 35.5 Å². The van der Waals surface area contributed by atoms with Crippen molar-refractivity contribution in [2.75, 3.05) is 54.1 Å². The first kappa shape index (κ1) is 33.2. The normalized spacial score (nSPS) is 27.5. The predicted octanol–water partition coefficient (Wildman–Crippen LogP) is 4.75. The van der Waals surface area contributed by atoms with Crippen LogP contribution in [0.3, 0.4) is 0 Å². The Morgan fingerprint density at radius 3 is 2.11 bits per heavy atom. The molecule has 0 radical (unpaired) electrons. The van der Waals surface area contributed by atoms with E-state index in [9.17, 15) is 19.5 Å². The molecule has 9 nitrogen and oxygen atoms in total. The van der Waals surface area contributed by atoms with Crippen LogP contribution < -0.4 is 19.4 Å². The molecule has 0 aliphatic carbocycles. The molecule has 1 spiro atoms. The summed E-state index contributed by atoms with van der Waals surface area (Å²) < 4.78 is 4.65. The zero-order valence-corrected chi connectivity index (χ0v) is 28.7. The van der Waals surface area contributed by atoms with E-state index in [1.807, 2.05) is 93.6 Å². The van der Waals surface area contributed by atoms with Gasteiger partial charge in [0.25, 0.3) is 5.91 Å². The van der Waals surface area contributed by atoms with Gasteiger partial charge in [-0.2, -0.15) is 0 Å². The lowest BCUT2D eigenvalue weighted by Gasteiger charge is -2.39. The van der Waals surface area contributed by atoms with Crippen molar-refractivity contribution in [2.45, 2.75) is 56.7 Å². The minimum atomic E-state index is -0.969. The van der Waals surface area contributed by atoms with E-state index < -0.39 is 28.7 Å². The van der Waals surface area contributed by atoms with Crippen LogP contribution in [-0.4, -0.2) is 89.2 Å². The quantitative estimate of drug-likeness (QED) is 0.369. The molecular formula is C37H46N4O5S. The largest absolute Gasteiger partial charge is 0.494 e. The zero-order valence-electron chi connectivity index (χ0n) is 27.9. The Hall–Kier alpha value is -3.76. The number of carbonyl (C=O) groups excluding carboxylic acids is 3. The van der Waals surface area contributed by atoms with Gasteiger partial charge < -0.3 is 29.4 Å². The second-order valence-electron chi connectivity index (χ2n) is 12.9. The number of amides is 3. The smallest absolute Gasteiger partial charge is 0.251 e. The van der Waals surface area contributed by atoms with Crippen molar-refractivity contribution in [1.82, 2.24) is 4.90 Å². The van der Waals surface area contributed by atoms with Crippen molar-refractivity contribution < 1.29 is 24.2 Å². The third kappa shape index (κ3) is 5.53. The summed E-state index contributed by atoms with van der Waals surface area (Å²) in [6.07, 6.45) is 8.05. The van der Waals surface area contributed by atoms with E-state index in [2.05, 4.69) is 18.7 Å². The van der Waals surface area contributed by atoms with E-state index >= 15 is 0 Å². The summed E-state index contributed by atoms with van der Waals surface area (Å²) in [6, 6.07) is 14.0. The summed E-state index contributed by atoms with van der Waals surface area (Å²) >= 11 is 1.55. The van der Waals surface area contributed by atoms with E-state index in [0.717, 1.165) is 35.9 Å². The minimum Gasteiger partial charge on any atom is -0.494 e. The topological polar surface area (TPSA) is 93.6 Å². The Kier molecular flexibility index (Phi) is 9.45. The number of aliphatic hydroxyl groups is 1. The summed E-state index contributed by atoms with van der Waals surface area (Å²) in [4.78, 5) is 51.6. The highest BCUT2D eigenvalue weighted by molar-refractivity contribution is 8.02. The number of benzene rings is 2. The lowest BCUT2D eigenvalue weighted by Crippen LogP contribution is -2.57. The number of likely N-dealkylation sites (tertiary alicyclic amines) is 1. The number of carbonyl (C=O) groups is 3. The van der Waals surface area contributed by atoms with Gasteiger partial charge in [0.1, 0.15) is 11.8 Å². The van der Waals surface area contributed by atoms with Crippen LogP contribution in [-0.2, 0) is 14.4 Å². The molecule has 2 saturated heterocycles. The van der Waals surface area contributed by atoms with Gasteiger partial charge in [0.15, 0.2) is 0 Å². The highest BCUT2D eigenvalue weighted by Crippen LogP contribution is 2.61. The van der Waals surface area contributed by atoms with Gasteiger partial charge in [-0.25, -0.2) is 0 Å². The van der Waals surface area contributed by atoms with Crippen LogP contribution in [0.25, 0.3) is 0 Å². The molecule has 250 valence electrons. The Balaban J connectivity index is 1.40. The summed E-state index contributed by atoms with van der Waals surface area (Å²) in [5.74, 6) is -1.38. The van der Waals surface area contributed by atoms with E-state index in [1.165, 1.54) is 0 Å². The monoisotopic (exact) mass is 658 g/mol. The fraction of sp³-hybridized carbons (Fsp3) is 0.486. The molecule has 2 aromatic carbocycles. The standard InChI is InChI=1S/C37H46N4O5S/c1-6-38(7-2)25-12-14-26(15-13-25)40-22-10-20-37-32(35(44)41(33(37)36(40)45)29(23-42)24(4)5)31-30(47-37)11-9-21-39(34(31)43)27-16-18-28(19-17-27)46-8-3/h9-20,24,29-33,42H,6-8,21-23H2,1-5H3/t29-,30+,31-,32-,33?,37-/m0/s1. The van der Waals surface area contributed by atoms with Gasteiger partial charge in [-0.3, -0.25) is 14.4 Å². The van der Waals surface area contributed by atoms with Gasteiger partial charge in [0.2, 0.25) is 11.8 Å². The molecule has 4 aliphatic heterocycles. The van der Waals surface area contributed by atoms with Crippen LogP contribution in [0.2, 0.25) is 0 Å². The molecule has 4 heterocycles. The van der Waals surface area contributed by atoms with Gasteiger partial charge >= 0.3 is 0 Å². The van der Waals surface area contributed by atoms with Crippen molar-refractivity contribution in [3.63, 3.8) is 0 Å². The lowest BCUT2D eigenvalue weighted by molar-refractivity contribution is -0.142. The second kappa shape index (κ2) is 13.4. The molecule has 1 N–H and O–H groups in total. The van der Waals surface area contributed by atoms with Crippen molar-refractivity contribution >= 4 is 46.5 Å². The zero-order chi connectivity index (χ0) is 33.5.